The van der Waals surface area contributed by atoms with Gasteiger partial charge in [-0.05, 0) is 33.1 Å². The van der Waals surface area contributed by atoms with E-state index in [2.05, 4.69) is 9.82 Å². The Morgan fingerprint density at radius 1 is 1.32 bits per heavy atom. The Morgan fingerprint density at radius 3 is 2.50 bits per heavy atom. The van der Waals surface area contributed by atoms with Gasteiger partial charge in [-0.1, -0.05) is 0 Å². The van der Waals surface area contributed by atoms with Crippen LogP contribution in [0.4, 0.5) is 0 Å². The van der Waals surface area contributed by atoms with Gasteiger partial charge in [-0.3, -0.25) is 14.3 Å². The number of likely N-dealkylation sites (tertiary alicyclic amines) is 1. The zero-order chi connectivity index (χ0) is 20.6. The zero-order valence-corrected chi connectivity index (χ0v) is 17.3. The van der Waals surface area contributed by atoms with Crippen molar-refractivity contribution in [1.29, 1.82) is 0 Å². The number of nitrogens with two attached hydrogens (primary N) is 1. The maximum Gasteiger partial charge on any atom is 0.280 e. The van der Waals surface area contributed by atoms with Gasteiger partial charge in [0.25, 0.3) is 10.2 Å². The molecule has 11 heteroatoms. The van der Waals surface area contributed by atoms with Gasteiger partial charge in [0.1, 0.15) is 6.04 Å². The smallest absolute Gasteiger partial charge is 0.280 e. The number of carbonyl (C=O) groups is 2. The first-order chi connectivity index (χ1) is 13.1. The summed E-state index contributed by atoms with van der Waals surface area (Å²) in [6.45, 7) is 5.28. The number of amides is 2. The van der Waals surface area contributed by atoms with Gasteiger partial charge in [-0.15, -0.1) is 0 Å². The molecule has 2 saturated heterocycles. The van der Waals surface area contributed by atoms with Crippen molar-refractivity contribution in [2.24, 2.45) is 11.7 Å². The molecule has 0 aliphatic carbocycles. The van der Waals surface area contributed by atoms with Crippen molar-refractivity contribution in [3.8, 4) is 0 Å². The highest BCUT2D eigenvalue weighted by atomic mass is 32.2. The van der Waals surface area contributed by atoms with E-state index in [-0.39, 0.29) is 17.7 Å². The fourth-order valence-electron chi connectivity index (χ4n) is 3.93. The molecule has 2 amide bonds. The lowest BCUT2D eigenvalue weighted by Gasteiger charge is -2.40. The number of aryl methyl sites for hydroxylation is 2. The summed E-state index contributed by atoms with van der Waals surface area (Å²) in [5, 5.41) is 4.38. The van der Waals surface area contributed by atoms with Gasteiger partial charge < -0.3 is 10.6 Å². The summed E-state index contributed by atoms with van der Waals surface area (Å²) in [4.78, 5) is 26.1. The van der Waals surface area contributed by atoms with Crippen molar-refractivity contribution >= 4 is 22.0 Å². The molecular weight excluding hydrogens is 384 g/mol. The van der Waals surface area contributed by atoms with Crippen LogP contribution in [-0.4, -0.2) is 65.4 Å². The summed E-state index contributed by atoms with van der Waals surface area (Å²) in [5.41, 5.74) is 6.88. The third kappa shape index (κ3) is 3.91. The lowest BCUT2D eigenvalue weighted by Crippen LogP contribution is -2.58. The molecule has 0 bridgehead atoms. The average molecular weight is 413 g/mol. The Bertz CT molecular complexity index is 859. The molecule has 2 unspecified atom stereocenters. The van der Waals surface area contributed by atoms with Gasteiger partial charge in [0.05, 0.1) is 11.7 Å². The van der Waals surface area contributed by atoms with Crippen molar-refractivity contribution in [2.45, 2.75) is 51.7 Å². The van der Waals surface area contributed by atoms with Gasteiger partial charge in [0.15, 0.2) is 0 Å². The van der Waals surface area contributed by atoms with Gasteiger partial charge in [-0.25, -0.2) is 0 Å². The molecule has 10 nitrogen and oxygen atoms in total. The van der Waals surface area contributed by atoms with Crippen LogP contribution < -0.4 is 10.5 Å². The molecule has 3 rings (SSSR count). The molecule has 0 aromatic carbocycles. The lowest BCUT2D eigenvalue weighted by molar-refractivity contribution is -0.138. The van der Waals surface area contributed by atoms with E-state index in [9.17, 15) is 18.0 Å². The first kappa shape index (κ1) is 20.7. The highest BCUT2D eigenvalue weighted by Crippen LogP contribution is 2.31. The van der Waals surface area contributed by atoms with Crippen LogP contribution in [0.2, 0.25) is 0 Å². The molecule has 2 fully saturated rings. The summed E-state index contributed by atoms with van der Waals surface area (Å²) < 4.78 is 30.8. The van der Waals surface area contributed by atoms with Crippen LogP contribution in [0.25, 0.3) is 0 Å². The van der Waals surface area contributed by atoms with E-state index in [1.54, 1.807) is 9.58 Å². The summed E-state index contributed by atoms with van der Waals surface area (Å²) >= 11 is 0. The number of primary amides is 1. The van der Waals surface area contributed by atoms with Crippen LogP contribution in [0, 0.1) is 12.8 Å². The predicted molar refractivity (Wildman–Crippen MR) is 102 cm³/mol. The first-order valence-corrected chi connectivity index (χ1v) is 11.0. The SMILES string of the molecule is CCn1cc(C2CC(C(=O)N3CCC(C(N)=O)CC3)N(C)S(=O)(=O)N2)c(C)n1. The molecular formula is C17H28N6O4S. The zero-order valence-electron chi connectivity index (χ0n) is 16.5. The van der Waals surface area contributed by atoms with Crippen LogP contribution in [-0.2, 0) is 26.3 Å². The minimum atomic E-state index is -3.81. The fraction of sp³-hybridized carbons (Fsp3) is 0.706. The molecule has 156 valence electrons. The minimum absolute atomic E-state index is 0.228. The summed E-state index contributed by atoms with van der Waals surface area (Å²) in [7, 11) is -2.39. The molecule has 3 N–H and O–H groups in total. The molecule has 2 atom stereocenters. The number of likely N-dealkylation sites (N-methyl/N-ethyl adjacent to an activating group) is 1. The van der Waals surface area contributed by atoms with Crippen molar-refractivity contribution in [2.75, 3.05) is 20.1 Å². The normalized spacial score (nSPS) is 26.3. The Morgan fingerprint density at radius 2 is 1.96 bits per heavy atom. The van der Waals surface area contributed by atoms with E-state index >= 15 is 0 Å². The standard InChI is InChI=1S/C17H28N6O4S/c1-4-23-10-13(11(2)19-23)14-9-15(21(3)28(26,27)20-14)17(25)22-7-5-12(6-8-22)16(18)24/h10,12,14-15,20H,4-9H2,1-3H3,(H2,18,24). The Hall–Kier alpha value is -1.98. The summed E-state index contributed by atoms with van der Waals surface area (Å²) in [6.07, 6.45) is 3.16. The maximum absolute atomic E-state index is 13.1. The minimum Gasteiger partial charge on any atom is -0.369 e. The number of rotatable bonds is 4. The number of nitrogens with one attached hydrogen (secondary N) is 1. The lowest BCUT2D eigenvalue weighted by atomic mass is 9.94. The summed E-state index contributed by atoms with van der Waals surface area (Å²) in [5.74, 6) is -0.813. The summed E-state index contributed by atoms with van der Waals surface area (Å²) in [6, 6.07) is -1.32. The second-order valence-electron chi connectivity index (χ2n) is 7.47. The van der Waals surface area contributed by atoms with Crippen LogP contribution in [0.1, 0.15) is 43.5 Å². The maximum atomic E-state index is 13.1. The number of carbonyl (C=O) groups excluding carboxylic acids is 2. The van der Waals surface area contributed by atoms with Crippen molar-refractivity contribution in [1.82, 2.24) is 23.7 Å². The second-order valence-corrected chi connectivity index (χ2v) is 9.23. The van der Waals surface area contributed by atoms with E-state index in [1.807, 2.05) is 20.0 Å². The Balaban J connectivity index is 1.80. The quantitative estimate of drug-likeness (QED) is 0.689. The van der Waals surface area contributed by atoms with E-state index in [4.69, 9.17) is 5.73 Å². The number of nitrogens with zero attached hydrogens (tertiary/aromatic N) is 4. The third-order valence-electron chi connectivity index (χ3n) is 5.75. The molecule has 1 aromatic rings. The fourth-order valence-corrected chi connectivity index (χ4v) is 5.19. The second kappa shape index (κ2) is 7.80. The molecule has 1 aromatic heterocycles. The highest BCUT2D eigenvalue weighted by molar-refractivity contribution is 7.87. The van der Waals surface area contributed by atoms with Gasteiger partial charge in [0.2, 0.25) is 11.8 Å². The van der Waals surface area contributed by atoms with Crippen LogP contribution >= 0.6 is 0 Å². The topological polar surface area (TPSA) is 131 Å². The largest absolute Gasteiger partial charge is 0.369 e. The molecule has 3 heterocycles. The first-order valence-electron chi connectivity index (χ1n) is 9.51. The Labute approximate surface area is 165 Å². The number of hydrogen-bond donors (Lipinski definition) is 2. The predicted octanol–water partition coefficient (Wildman–Crippen LogP) is -0.485. The van der Waals surface area contributed by atoms with Crippen molar-refractivity contribution in [3.05, 3.63) is 17.5 Å². The van der Waals surface area contributed by atoms with Gasteiger partial charge >= 0.3 is 0 Å². The monoisotopic (exact) mass is 412 g/mol. The number of aromatic nitrogens is 2. The van der Waals surface area contributed by atoms with E-state index in [0.717, 1.165) is 15.6 Å². The Kier molecular flexibility index (Phi) is 5.78. The molecule has 28 heavy (non-hydrogen) atoms. The average Bonchev–Trinajstić information content (AvgIpc) is 3.04. The number of hydrogen-bond acceptors (Lipinski definition) is 5. The van der Waals surface area contributed by atoms with Crippen LogP contribution in [0.3, 0.4) is 0 Å². The third-order valence-corrected chi connectivity index (χ3v) is 7.34. The van der Waals surface area contributed by atoms with E-state index in [1.165, 1.54) is 7.05 Å². The number of piperidine rings is 1. The molecule has 2 aliphatic heterocycles. The van der Waals surface area contributed by atoms with Crippen molar-refractivity contribution in [3.63, 3.8) is 0 Å². The molecule has 0 saturated carbocycles. The van der Waals surface area contributed by atoms with Crippen LogP contribution in [0.5, 0.6) is 0 Å². The molecule has 2 aliphatic rings. The molecule has 0 radical (unpaired) electrons. The van der Waals surface area contributed by atoms with Crippen LogP contribution in [0.15, 0.2) is 6.20 Å². The van der Waals surface area contributed by atoms with E-state index in [0.29, 0.717) is 38.9 Å². The van der Waals surface area contributed by atoms with E-state index < -0.39 is 22.3 Å². The van der Waals surface area contributed by atoms with Gasteiger partial charge in [0, 0.05) is 44.4 Å². The van der Waals surface area contributed by atoms with Crippen molar-refractivity contribution < 1.29 is 18.0 Å². The highest BCUT2D eigenvalue weighted by Gasteiger charge is 2.43. The van der Waals surface area contributed by atoms with Gasteiger partial charge in [-0.2, -0.15) is 22.5 Å². The molecule has 0 spiro atoms.